The standard InChI is InChI=1S/C32H28F4IN2OS/c1-2-32(35,36)23-7-5-6-21(16-23)25-19-41-29-17-22(10-11-24(25)29)30(40)38-14-12-20(13-15-38)28-18-37-26-8-3-4-9-27(26)39(28)31(33)34/h3-11,16-20,31H,2,12-15H2,1H3/q-1. The largest absolute Gasteiger partial charge is 0.0451 e. The summed E-state index contributed by atoms with van der Waals surface area (Å²) in [5.41, 5.74) is 3.48. The number of carbonyl (C=O) groups is 1. The van der Waals surface area contributed by atoms with Gasteiger partial charge in [-0.3, -0.25) is 0 Å². The summed E-state index contributed by atoms with van der Waals surface area (Å²) in [5, 5.41) is 2.86. The molecule has 41 heavy (non-hydrogen) atoms. The number of nitrogens with zero attached hydrogens (tertiary/aromatic N) is 2. The third-order valence-electron chi connectivity index (χ3n) is 7.93. The van der Waals surface area contributed by atoms with E-state index in [1.807, 2.05) is 44.7 Å². The van der Waals surface area contributed by atoms with Gasteiger partial charge in [-0.1, -0.05) is 25.1 Å². The van der Waals surface area contributed by atoms with E-state index >= 15 is 0 Å². The first-order chi connectivity index (χ1) is 19.8. The predicted molar refractivity (Wildman–Crippen MR) is 152 cm³/mol. The van der Waals surface area contributed by atoms with Crippen molar-refractivity contribution in [3.05, 3.63) is 96.6 Å². The first kappa shape index (κ1) is 28.2. The number of hydrogen-bond donors (Lipinski definition) is 0. The molecule has 6 rings (SSSR count). The van der Waals surface area contributed by atoms with Gasteiger partial charge in [-0.25, -0.2) is 8.78 Å². The number of alkyl halides is 4. The van der Waals surface area contributed by atoms with E-state index < -0.39 is 33.7 Å². The van der Waals surface area contributed by atoms with Crippen LogP contribution in [0.1, 0.15) is 42.1 Å². The van der Waals surface area contributed by atoms with Crippen molar-refractivity contribution in [1.29, 1.82) is 0 Å². The van der Waals surface area contributed by atoms with Crippen molar-refractivity contribution < 1.29 is 43.6 Å². The van der Waals surface area contributed by atoms with Crippen molar-refractivity contribution in [3.8, 4) is 11.1 Å². The average molecular weight is 692 g/mol. The molecule has 9 heteroatoms. The van der Waals surface area contributed by atoms with Crippen LogP contribution in [0.15, 0.2) is 81.9 Å². The third kappa shape index (κ3) is 5.38. The Labute approximate surface area is 250 Å². The fraction of sp³-hybridized carbons (Fsp3) is 0.281. The molecule has 0 N–H and O–H groups in total. The van der Waals surface area contributed by atoms with Gasteiger partial charge in [-0.15, -0.1) is 0 Å². The van der Waals surface area contributed by atoms with Crippen molar-refractivity contribution in [2.45, 2.75) is 38.7 Å². The summed E-state index contributed by atoms with van der Waals surface area (Å²) in [6, 6.07) is 19.4. The summed E-state index contributed by atoms with van der Waals surface area (Å²) in [6.45, 7) is -0.132. The van der Waals surface area contributed by atoms with Crippen LogP contribution in [0.5, 0.6) is 0 Å². The summed E-state index contributed by atoms with van der Waals surface area (Å²) in [7, 11) is 0. The van der Waals surface area contributed by atoms with Crippen LogP contribution < -0.4 is 26.1 Å². The molecule has 1 saturated heterocycles. The number of benzene rings is 3. The Balaban J connectivity index is 1.17. The number of anilines is 1. The molecule has 0 spiro atoms. The van der Waals surface area contributed by atoms with E-state index in [1.54, 1.807) is 30.3 Å². The number of hydrogen-bond acceptors (Lipinski definition) is 3. The van der Waals surface area contributed by atoms with E-state index in [0.717, 1.165) is 24.8 Å². The molecular weight excluding hydrogens is 663 g/mol. The zero-order valence-electron chi connectivity index (χ0n) is 22.3. The molecule has 1 fully saturated rings. The zero-order chi connectivity index (χ0) is 28.7. The van der Waals surface area contributed by atoms with Gasteiger partial charge in [-0.05, 0) is 11.6 Å². The molecule has 1 aromatic heterocycles. The normalized spacial score (nSPS) is 16.5. The number of amides is 1. The zero-order valence-corrected chi connectivity index (χ0v) is 25.3. The van der Waals surface area contributed by atoms with Crippen LogP contribution in [-0.2, 0) is 5.92 Å². The first-order valence-electron chi connectivity index (χ1n) is 13.6. The van der Waals surface area contributed by atoms with Crippen molar-refractivity contribution >= 4 is 33.0 Å². The summed E-state index contributed by atoms with van der Waals surface area (Å²) in [6.07, 6.45) is 1.01. The topological polar surface area (TPSA) is 23.6 Å². The van der Waals surface area contributed by atoms with E-state index in [4.69, 9.17) is 0 Å². The van der Waals surface area contributed by atoms with Gasteiger partial charge >= 0.3 is 188 Å². The minimum absolute atomic E-state index is 0.00113. The van der Waals surface area contributed by atoms with Crippen LogP contribution in [0.2, 0.25) is 0 Å². The van der Waals surface area contributed by atoms with E-state index in [2.05, 4.69) is 0 Å². The van der Waals surface area contributed by atoms with Crippen molar-refractivity contribution in [1.82, 2.24) is 4.90 Å². The molecule has 3 nitrogen and oxygen atoms in total. The van der Waals surface area contributed by atoms with Gasteiger partial charge < -0.3 is 0 Å². The number of likely N-dealkylation sites (tertiary alicyclic amines) is 1. The Morgan fingerprint density at radius 3 is 2.59 bits per heavy atom. The van der Waals surface area contributed by atoms with Gasteiger partial charge in [0.1, 0.15) is 0 Å². The second-order valence-electron chi connectivity index (χ2n) is 10.3. The van der Waals surface area contributed by atoms with Gasteiger partial charge in [0, 0.05) is 12.0 Å². The maximum atomic E-state index is 14.3. The molecule has 2 aliphatic rings. The molecule has 3 aromatic carbocycles. The Bertz CT molecular complexity index is 1630. The monoisotopic (exact) mass is 691 g/mol. The molecule has 0 aliphatic carbocycles. The van der Waals surface area contributed by atoms with Gasteiger partial charge in [0.2, 0.25) is 0 Å². The second kappa shape index (κ2) is 11.4. The maximum absolute atomic E-state index is 14.3. The van der Waals surface area contributed by atoms with E-state index in [0.29, 0.717) is 42.9 Å². The smallest absolute Gasteiger partial charge is 0.0451 e. The predicted octanol–water partition coefficient (Wildman–Crippen LogP) is 5.77. The Morgan fingerprint density at radius 1 is 1.05 bits per heavy atom. The summed E-state index contributed by atoms with van der Waals surface area (Å²) in [5.74, 6) is -2.98. The summed E-state index contributed by atoms with van der Waals surface area (Å²) in [4.78, 5) is 16.4. The van der Waals surface area contributed by atoms with Crippen LogP contribution in [0.25, 0.3) is 21.2 Å². The quantitative estimate of drug-likeness (QED) is 0.146. The van der Waals surface area contributed by atoms with E-state index in [-0.39, 0.29) is 23.8 Å². The number of allylic oxidation sites excluding steroid dienone is 1. The second-order valence-corrected chi connectivity index (χ2v) is 13.6. The fourth-order valence-electron chi connectivity index (χ4n) is 5.61. The Morgan fingerprint density at radius 2 is 1.83 bits per heavy atom. The minimum Gasteiger partial charge on any atom is -0.0451 e. The van der Waals surface area contributed by atoms with E-state index in [1.165, 1.54) is 29.2 Å². The van der Waals surface area contributed by atoms with Crippen LogP contribution in [0.3, 0.4) is 0 Å². The third-order valence-corrected chi connectivity index (χ3v) is 11.4. The van der Waals surface area contributed by atoms with Crippen LogP contribution >= 0.6 is 11.3 Å². The van der Waals surface area contributed by atoms with Gasteiger partial charge in [0.25, 0.3) is 5.92 Å². The number of para-hydroxylation sites is 1. The number of fused-ring (bicyclic) bond motifs is 2. The van der Waals surface area contributed by atoms with Crippen LogP contribution in [-0.4, -0.2) is 30.4 Å². The number of carbonyl (C=O) groups excluding carboxylic acids is 1. The molecule has 1 amide bonds. The molecule has 2 aliphatic heterocycles. The van der Waals surface area contributed by atoms with Gasteiger partial charge in [0.05, 0.1) is 0 Å². The average Bonchev–Trinajstić information content (AvgIpc) is 3.43. The molecule has 3 heterocycles. The molecule has 4 aromatic rings. The summed E-state index contributed by atoms with van der Waals surface area (Å²) >= 11 is 1.00. The number of thiophene rings is 1. The number of halogens is 5. The van der Waals surface area contributed by atoms with Crippen LogP contribution in [0, 0.1) is 9.49 Å². The molecule has 214 valence electrons. The molecule has 0 atom stereocenters. The Hall–Kier alpha value is -2.92. The summed E-state index contributed by atoms with van der Waals surface area (Å²) < 4.78 is 60.9. The minimum atomic E-state index is -2.88. The Kier molecular flexibility index (Phi) is 7.84. The van der Waals surface area contributed by atoms with Crippen molar-refractivity contribution in [2.24, 2.45) is 5.92 Å². The molecule has 0 unspecified atom stereocenters. The van der Waals surface area contributed by atoms with E-state index in [9.17, 15) is 22.4 Å². The van der Waals surface area contributed by atoms with Gasteiger partial charge in [0.15, 0.2) is 0 Å². The first-order valence-corrected chi connectivity index (χ1v) is 16.8. The number of piperidine rings is 1. The van der Waals surface area contributed by atoms with Crippen LogP contribution in [0.4, 0.5) is 23.2 Å². The molecular formula is C32H28F4IN2OS-. The molecule has 0 radical (unpaired) electrons. The SMILES string of the molecule is CCC(F)(F)c1cccc(-c2csc3cc(C(=O)N4CCC(C5=C[I-]c6ccccc6N5C(F)F)CC4)ccc23)c1. The van der Waals surface area contributed by atoms with Crippen molar-refractivity contribution in [3.63, 3.8) is 0 Å². The fourth-order valence-corrected chi connectivity index (χ4v) is 9.26. The molecule has 0 bridgehead atoms. The van der Waals surface area contributed by atoms with Gasteiger partial charge in [-0.2, -0.15) is 0 Å². The van der Waals surface area contributed by atoms with Crippen molar-refractivity contribution in [2.75, 3.05) is 18.0 Å². The molecule has 0 saturated carbocycles. The maximum Gasteiger partial charge on any atom is -0.0451 e. The number of rotatable bonds is 6.